The number of alkyl halides is 3. The molecule has 0 saturated carbocycles. The molecule has 0 fully saturated rings. The van der Waals surface area contributed by atoms with E-state index in [1.807, 2.05) is 13.8 Å². The summed E-state index contributed by atoms with van der Waals surface area (Å²) in [6.07, 6.45) is -4.75. The van der Waals surface area contributed by atoms with Crippen LogP contribution in [0.15, 0.2) is 46.7 Å². The summed E-state index contributed by atoms with van der Waals surface area (Å²) in [5.41, 5.74) is 0.190. The summed E-state index contributed by atoms with van der Waals surface area (Å²) >= 11 is 0. The number of nitrogens with zero attached hydrogens (tertiary/aromatic N) is 2. The molecule has 1 amide bonds. The molecule has 180 valence electrons. The molecule has 0 heterocycles. The first kappa shape index (κ1) is 27.6. The molecule has 0 unspecified atom stereocenters. The Kier molecular flexibility index (Phi) is 10.5. The number of benzene rings is 2. The van der Waals surface area contributed by atoms with Crippen molar-refractivity contribution in [3.05, 3.63) is 70.0 Å². The van der Waals surface area contributed by atoms with Crippen molar-refractivity contribution in [2.45, 2.75) is 40.5 Å². The third-order valence-corrected chi connectivity index (χ3v) is 4.38. The molecular formula is C23H27F4N3O3. The van der Waals surface area contributed by atoms with Crippen molar-refractivity contribution >= 4 is 17.3 Å². The molecule has 0 aliphatic heterocycles. The van der Waals surface area contributed by atoms with Crippen LogP contribution in [-0.2, 0) is 27.3 Å². The number of oxime groups is 2. The van der Waals surface area contributed by atoms with E-state index in [4.69, 9.17) is 9.68 Å². The standard InChI is InChI=1S/C21H21F4N3O3.C2H6/c1-12-6-5-7-16(19(28-30-4)20(29)26-3)17(12)11-31-27-13(2)15-9-8-14(22)10-18(15)21(23,24)25;1-2/h5-10H,11H2,1-4H3,(H,26,29);1-2H3/b27-13+,28-19+;. The zero-order valence-electron chi connectivity index (χ0n) is 19.3. The SMILES string of the molecule is CC.CNC(=O)/C(=N/OC)c1cccc(C)c1CO/N=C(\C)c1ccc(F)cc1C(F)(F)F. The van der Waals surface area contributed by atoms with Gasteiger partial charge in [0.15, 0.2) is 5.71 Å². The Morgan fingerprint density at radius 3 is 2.33 bits per heavy atom. The van der Waals surface area contributed by atoms with E-state index < -0.39 is 23.5 Å². The average Bonchev–Trinajstić information content (AvgIpc) is 2.78. The Morgan fingerprint density at radius 1 is 1.09 bits per heavy atom. The molecule has 0 aliphatic carbocycles. The smallest absolute Gasteiger partial charge is 0.398 e. The summed E-state index contributed by atoms with van der Waals surface area (Å²) in [5, 5.41) is 9.99. The highest BCUT2D eigenvalue weighted by molar-refractivity contribution is 6.45. The second kappa shape index (κ2) is 12.6. The van der Waals surface area contributed by atoms with Gasteiger partial charge in [-0.05, 0) is 37.6 Å². The van der Waals surface area contributed by atoms with Gasteiger partial charge in [-0.1, -0.05) is 42.4 Å². The molecular weight excluding hydrogens is 442 g/mol. The lowest BCUT2D eigenvalue weighted by atomic mass is 9.98. The third-order valence-electron chi connectivity index (χ3n) is 4.38. The fourth-order valence-corrected chi connectivity index (χ4v) is 2.85. The molecule has 2 rings (SSSR count). The molecule has 0 aliphatic rings. The summed E-state index contributed by atoms with van der Waals surface area (Å²) in [6, 6.07) is 7.44. The first-order chi connectivity index (χ1) is 15.6. The van der Waals surface area contributed by atoms with E-state index >= 15 is 0 Å². The molecule has 0 atom stereocenters. The Labute approximate surface area is 190 Å². The summed E-state index contributed by atoms with van der Waals surface area (Å²) in [5.74, 6) is -1.50. The zero-order valence-corrected chi connectivity index (χ0v) is 19.3. The summed E-state index contributed by atoms with van der Waals surface area (Å²) < 4.78 is 53.0. The maximum atomic E-state index is 13.3. The van der Waals surface area contributed by atoms with Crippen LogP contribution in [0.1, 0.15) is 48.6 Å². The predicted molar refractivity (Wildman–Crippen MR) is 119 cm³/mol. The van der Waals surface area contributed by atoms with E-state index in [9.17, 15) is 22.4 Å². The molecule has 2 aromatic carbocycles. The highest BCUT2D eigenvalue weighted by Gasteiger charge is 2.34. The van der Waals surface area contributed by atoms with Crippen molar-refractivity contribution < 1.29 is 32.0 Å². The van der Waals surface area contributed by atoms with Crippen LogP contribution in [0, 0.1) is 12.7 Å². The maximum Gasteiger partial charge on any atom is 0.417 e. The Hall–Kier alpha value is -3.43. The lowest BCUT2D eigenvalue weighted by Crippen LogP contribution is -2.29. The van der Waals surface area contributed by atoms with Crippen molar-refractivity contribution in [1.29, 1.82) is 0 Å². The van der Waals surface area contributed by atoms with Crippen molar-refractivity contribution in [3.63, 3.8) is 0 Å². The lowest BCUT2D eigenvalue weighted by molar-refractivity contribution is -0.137. The summed E-state index contributed by atoms with van der Waals surface area (Å²) in [4.78, 5) is 22.2. The van der Waals surface area contributed by atoms with Gasteiger partial charge in [0.2, 0.25) is 0 Å². The second-order valence-electron chi connectivity index (χ2n) is 6.44. The van der Waals surface area contributed by atoms with Gasteiger partial charge in [-0.15, -0.1) is 0 Å². The predicted octanol–water partition coefficient (Wildman–Crippen LogP) is 5.22. The molecule has 6 nitrogen and oxygen atoms in total. The van der Waals surface area contributed by atoms with E-state index in [-0.39, 0.29) is 23.6 Å². The number of nitrogens with one attached hydrogen (secondary N) is 1. The van der Waals surface area contributed by atoms with E-state index in [1.54, 1.807) is 25.1 Å². The Balaban J connectivity index is 0.00000265. The lowest BCUT2D eigenvalue weighted by Gasteiger charge is -2.14. The van der Waals surface area contributed by atoms with Crippen LogP contribution in [-0.4, -0.2) is 31.5 Å². The summed E-state index contributed by atoms with van der Waals surface area (Å²) in [7, 11) is 2.73. The highest BCUT2D eigenvalue weighted by Crippen LogP contribution is 2.33. The molecule has 0 aromatic heterocycles. The van der Waals surface area contributed by atoms with Crippen molar-refractivity contribution in [1.82, 2.24) is 5.32 Å². The minimum atomic E-state index is -4.75. The van der Waals surface area contributed by atoms with Crippen LogP contribution in [0.25, 0.3) is 0 Å². The van der Waals surface area contributed by atoms with Crippen molar-refractivity contribution in [3.8, 4) is 0 Å². The number of hydrogen-bond donors (Lipinski definition) is 1. The van der Waals surface area contributed by atoms with Crippen LogP contribution in [0.4, 0.5) is 17.6 Å². The quantitative estimate of drug-likeness (QED) is 0.344. The van der Waals surface area contributed by atoms with Crippen LogP contribution in [0.3, 0.4) is 0 Å². The molecule has 0 bridgehead atoms. The van der Waals surface area contributed by atoms with Gasteiger partial charge in [0.05, 0.1) is 11.3 Å². The second-order valence-corrected chi connectivity index (χ2v) is 6.44. The minimum Gasteiger partial charge on any atom is -0.398 e. The normalized spacial score (nSPS) is 11.9. The van der Waals surface area contributed by atoms with Gasteiger partial charge in [0.1, 0.15) is 19.5 Å². The zero-order chi connectivity index (χ0) is 25.2. The molecule has 10 heteroatoms. The third kappa shape index (κ3) is 7.30. The van der Waals surface area contributed by atoms with E-state index in [2.05, 4.69) is 15.6 Å². The number of amides is 1. The van der Waals surface area contributed by atoms with Crippen LogP contribution in [0.2, 0.25) is 0 Å². The van der Waals surface area contributed by atoms with Gasteiger partial charge < -0.3 is 15.0 Å². The van der Waals surface area contributed by atoms with Gasteiger partial charge >= 0.3 is 6.18 Å². The number of carbonyl (C=O) groups excluding carboxylic acids is 1. The van der Waals surface area contributed by atoms with Gasteiger partial charge in [-0.3, -0.25) is 4.79 Å². The van der Waals surface area contributed by atoms with Gasteiger partial charge in [-0.25, -0.2) is 4.39 Å². The van der Waals surface area contributed by atoms with Gasteiger partial charge in [-0.2, -0.15) is 13.2 Å². The first-order valence-corrected chi connectivity index (χ1v) is 10.1. The van der Waals surface area contributed by atoms with Gasteiger partial charge in [0, 0.05) is 23.7 Å². The van der Waals surface area contributed by atoms with Crippen LogP contribution in [0.5, 0.6) is 0 Å². The minimum absolute atomic E-state index is 0.00546. The van der Waals surface area contributed by atoms with E-state index in [0.717, 1.165) is 17.7 Å². The molecule has 0 spiro atoms. The number of hydrogen-bond acceptors (Lipinski definition) is 5. The number of aryl methyl sites for hydroxylation is 1. The van der Waals surface area contributed by atoms with Crippen LogP contribution < -0.4 is 5.32 Å². The molecule has 1 N–H and O–H groups in total. The fourth-order valence-electron chi connectivity index (χ4n) is 2.85. The summed E-state index contributed by atoms with van der Waals surface area (Å²) in [6.45, 7) is 6.94. The van der Waals surface area contributed by atoms with Crippen molar-refractivity contribution in [2.24, 2.45) is 10.3 Å². The number of likely N-dealkylation sites (N-methyl/N-ethyl adjacent to an activating group) is 1. The molecule has 33 heavy (non-hydrogen) atoms. The maximum absolute atomic E-state index is 13.3. The largest absolute Gasteiger partial charge is 0.417 e. The first-order valence-electron chi connectivity index (χ1n) is 10.1. The van der Waals surface area contributed by atoms with Crippen LogP contribution >= 0.6 is 0 Å². The fraction of sp³-hybridized carbons (Fsp3) is 0.348. The average molecular weight is 469 g/mol. The molecule has 0 saturated heterocycles. The topological polar surface area (TPSA) is 72.3 Å². The Bertz CT molecular complexity index is 1020. The van der Waals surface area contributed by atoms with Crippen molar-refractivity contribution in [2.75, 3.05) is 14.2 Å². The van der Waals surface area contributed by atoms with E-state index in [0.29, 0.717) is 17.2 Å². The number of halogens is 4. The molecule has 2 aromatic rings. The number of carbonyl (C=O) groups is 1. The monoisotopic (exact) mass is 469 g/mol. The van der Waals surface area contributed by atoms with E-state index in [1.165, 1.54) is 21.1 Å². The van der Waals surface area contributed by atoms with Gasteiger partial charge in [0.25, 0.3) is 5.91 Å². The highest BCUT2D eigenvalue weighted by atomic mass is 19.4. The Morgan fingerprint density at radius 2 is 1.76 bits per heavy atom. The number of rotatable bonds is 7. The molecule has 0 radical (unpaired) electrons.